The number of aryl methyl sites for hydroxylation is 1. The van der Waals surface area contributed by atoms with E-state index in [1.807, 2.05) is 7.05 Å². The number of nitrogens with one attached hydrogen (secondary N) is 1. The Morgan fingerprint density at radius 2 is 2.19 bits per heavy atom. The van der Waals surface area contributed by atoms with Crippen LogP contribution in [0.15, 0.2) is 34.6 Å². The van der Waals surface area contributed by atoms with Crippen LogP contribution in [-0.2, 0) is 11.3 Å². The molecule has 7 heteroatoms. The summed E-state index contributed by atoms with van der Waals surface area (Å²) in [5, 5.41) is 6.77. The van der Waals surface area contributed by atoms with Crippen LogP contribution in [-0.4, -0.2) is 42.6 Å². The van der Waals surface area contributed by atoms with Crippen molar-refractivity contribution < 1.29 is 4.74 Å². The Bertz CT molecular complexity index is 762. The maximum atomic E-state index is 6.03. The summed E-state index contributed by atoms with van der Waals surface area (Å²) in [5.74, 6) is 1.38. The molecule has 1 aromatic heterocycles. The normalized spacial score (nSPS) is 17.7. The van der Waals surface area contributed by atoms with Gasteiger partial charge in [0.1, 0.15) is 6.10 Å². The third kappa shape index (κ3) is 5.65. The highest BCUT2D eigenvalue weighted by Gasteiger charge is 2.25. The second-order valence-corrected chi connectivity index (χ2v) is 7.78. The lowest BCUT2D eigenvalue weighted by molar-refractivity contribution is -0.00834. The van der Waals surface area contributed by atoms with Crippen molar-refractivity contribution in [3.8, 4) is 0 Å². The Labute approximate surface area is 183 Å². The molecule has 27 heavy (non-hydrogen) atoms. The molecule has 1 unspecified atom stereocenters. The van der Waals surface area contributed by atoms with Gasteiger partial charge in [0.2, 0.25) is 0 Å². The van der Waals surface area contributed by atoms with E-state index >= 15 is 0 Å². The van der Waals surface area contributed by atoms with Crippen molar-refractivity contribution in [1.82, 2.24) is 15.2 Å². The maximum Gasteiger partial charge on any atom is 0.194 e. The molecule has 0 radical (unpaired) electrons. The Hall–Kier alpha value is -1.19. The van der Waals surface area contributed by atoms with Crippen LogP contribution in [0.4, 0.5) is 0 Å². The molecule has 0 saturated carbocycles. The lowest BCUT2D eigenvalue weighted by Crippen LogP contribution is -2.48. The minimum atomic E-state index is 0. The number of morpholine rings is 1. The summed E-state index contributed by atoms with van der Waals surface area (Å²) < 4.78 is 6.03. The largest absolute Gasteiger partial charge is 0.370 e. The number of guanidine groups is 1. The van der Waals surface area contributed by atoms with Crippen LogP contribution >= 0.6 is 35.3 Å². The lowest BCUT2D eigenvalue weighted by Gasteiger charge is -2.35. The zero-order valence-corrected chi connectivity index (χ0v) is 19.6. The van der Waals surface area contributed by atoms with Crippen molar-refractivity contribution in [2.75, 3.05) is 26.7 Å². The number of rotatable bonds is 4. The van der Waals surface area contributed by atoms with E-state index in [0.29, 0.717) is 19.1 Å². The molecule has 1 fully saturated rings. The van der Waals surface area contributed by atoms with Crippen LogP contribution in [0, 0.1) is 6.92 Å². The second-order valence-electron chi connectivity index (χ2n) is 6.89. The minimum absolute atomic E-state index is 0. The molecule has 5 nitrogen and oxygen atoms in total. The van der Waals surface area contributed by atoms with Gasteiger partial charge >= 0.3 is 0 Å². The Kier molecular flexibility index (Phi) is 8.50. The highest BCUT2D eigenvalue weighted by Crippen LogP contribution is 2.25. The number of thiazole rings is 1. The summed E-state index contributed by atoms with van der Waals surface area (Å²) in [6, 6.07) is 8.44. The van der Waals surface area contributed by atoms with Gasteiger partial charge in [-0.25, -0.2) is 4.98 Å². The first-order valence-corrected chi connectivity index (χ1v) is 10.0. The molecule has 1 aliphatic rings. The van der Waals surface area contributed by atoms with E-state index in [1.165, 1.54) is 16.1 Å². The molecular weight excluding hydrogens is 471 g/mol. The molecule has 1 aliphatic heterocycles. The van der Waals surface area contributed by atoms with Crippen LogP contribution in [0.1, 0.15) is 47.7 Å². The summed E-state index contributed by atoms with van der Waals surface area (Å²) in [6.45, 7) is 9.54. The molecule has 1 aromatic carbocycles. The average Bonchev–Trinajstić information content (AvgIpc) is 3.12. The Morgan fingerprint density at radius 3 is 2.85 bits per heavy atom. The van der Waals surface area contributed by atoms with E-state index in [4.69, 9.17) is 9.72 Å². The molecule has 1 saturated heterocycles. The van der Waals surface area contributed by atoms with Crippen molar-refractivity contribution in [1.29, 1.82) is 0 Å². The standard InChI is InChI=1S/C20H28N4OS.HI/c1-14(2)19-23-16(13-26-19)11-22-20(21-4)24-9-10-25-18(12-24)17-8-6-5-7-15(17)3;/h5-8,13-14,18H,9-12H2,1-4H3,(H,21,22);1H. The van der Waals surface area contributed by atoms with E-state index in [1.54, 1.807) is 11.3 Å². The fraction of sp³-hybridized carbons (Fsp3) is 0.500. The van der Waals surface area contributed by atoms with Gasteiger partial charge in [-0.05, 0) is 18.1 Å². The summed E-state index contributed by atoms with van der Waals surface area (Å²) in [5.41, 5.74) is 3.60. The number of benzene rings is 1. The molecule has 1 N–H and O–H groups in total. The zero-order chi connectivity index (χ0) is 18.5. The van der Waals surface area contributed by atoms with Crippen molar-refractivity contribution in [2.24, 2.45) is 4.99 Å². The van der Waals surface area contributed by atoms with Gasteiger partial charge in [-0.15, -0.1) is 35.3 Å². The predicted molar refractivity (Wildman–Crippen MR) is 123 cm³/mol. The van der Waals surface area contributed by atoms with Crippen LogP contribution in [0.3, 0.4) is 0 Å². The molecule has 148 valence electrons. The van der Waals surface area contributed by atoms with E-state index in [-0.39, 0.29) is 30.1 Å². The Morgan fingerprint density at radius 1 is 1.41 bits per heavy atom. The number of aromatic nitrogens is 1. The van der Waals surface area contributed by atoms with Crippen molar-refractivity contribution in [3.05, 3.63) is 51.5 Å². The topological polar surface area (TPSA) is 49.8 Å². The number of aliphatic imine (C=N–C) groups is 1. The predicted octanol–water partition coefficient (Wildman–Crippen LogP) is 4.34. The number of ether oxygens (including phenoxy) is 1. The summed E-state index contributed by atoms with van der Waals surface area (Å²) >= 11 is 1.73. The molecule has 3 rings (SSSR count). The van der Waals surface area contributed by atoms with Gasteiger partial charge in [0, 0.05) is 24.9 Å². The van der Waals surface area contributed by atoms with Crippen LogP contribution in [0.5, 0.6) is 0 Å². The van der Waals surface area contributed by atoms with Gasteiger partial charge in [0.25, 0.3) is 0 Å². The molecule has 2 heterocycles. The molecule has 1 atom stereocenters. The Balaban J connectivity index is 0.00000261. The van der Waals surface area contributed by atoms with E-state index in [2.05, 4.69) is 65.6 Å². The molecule has 2 aromatic rings. The van der Waals surface area contributed by atoms with Crippen molar-refractivity contribution >= 4 is 41.3 Å². The first-order valence-electron chi connectivity index (χ1n) is 9.15. The summed E-state index contributed by atoms with van der Waals surface area (Å²) in [6.07, 6.45) is 0.0790. The quantitative estimate of drug-likeness (QED) is 0.386. The number of nitrogens with zero attached hydrogens (tertiary/aromatic N) is 3. The molecule has 0 spiro atoms. The molecule has 0 aliphatic carbocycles. The number of hydrogen-bond acceptors (Lipinski definition) is 4. The smallest absolute Gasteiger partial charge is 0.194 e. The average molecular weight is 500 g/mol. The first kappa shape index (κ1) is 22.1. The van der Waals surface area contributed by atoms with Gasteiger partial charge in [0.05, 0.1) is 30.4 Å². The van der Waals surface area contributed by atoms with Crippen molar-refractivity contribution in [2.45, 2.75) is 39.3 Å². The first-order chi connectivity index (χ1) is 12.6. The van der Waals surface area contributed by atoms with Gasteiger partial charge in [-0.3, -0.25) is 4.99 Å². The summed E-state index contributed by atoms with van der Waals surface area (Å²) in [4.78, 5) is 11.4. The molecule has 0 bridgehead atoms. The van der Waals surface area contributed by atoms with E-state index < -0.39 is 0 Å². The fourth-order valence-electron chi connectivity index (χ4n) is 3.15. The lowest BCUT2D eigenvalue weighted by atomic mass is 10.0. The van der Waals surface area contributed by atoms with Crippen LogP contribution in [0.2, 0.25) is 0 Å². The second kappa shape index (κ2) is 10.4. The van der Waals surface area contributed by atoms with Crippen LogP contribution < -0.4 is 5.32 Å². The van der Waals surface area contributed by atoms with Gasteiger partial charge in [-0.1, -0.05) is 38.1 Å². The van der Waals surface area contributed by atoms with Gasteiger partial charge in [0.15, 0.2) is 5.96 Å². The zero-order valence-electron chi connectivity index (χ0n) is 16.4. The monoisotopic (exact) mass is 500 g/mol. The highest BCUT2D eigenvalue weighted by molar-refractivity contribution is 14.0. The SMILES string of the molecule is CN=C(NCc1csc(C(C)C)n1)N1CCOC(c2ccccc2C)C1.I. The van der Waals surface area contributed by atoms with Crippen molar-refractivity contribution in [3.63, 3.8) is 0 Å². The molecule has 0 amide bonds. The fourth-order valence-corrected chi connectivity index (χ4v) is 3.98. The number of hydrogen-bond donors (Lipinski definition) is 1. The highest BCUT2D eigenvalue weighted by atomic mass is 127. The van der Waals surface area contributed by atoms with E-state index in [9.17, 15) is 0 Å². The third-order valence-corrected chi connectivity index (χ3v) is 5.80. The van der Waals surface area contributed by atoms with Gasteiger partial charge in [-0.2, -0.15) is 0 Å². The number of halogens is 1. The third-order valence-electron chi connectivity index (χ3n) is 4.60. The molecular formula is C20H29IN4OS. The summed E-state index contributed by atoms with van der Waals surface area (Å²) in [7, 11) is 1.83. The van der Waals surface area contributed by atoms with Crippen LogP contribution in [0.25, 0.3) is 0 Å². The minimum Gasteiger partial charge on any atom is -0.370 e. The van der Waals surface area contributed by atoms with Gasteiger partial charge < -0.3 is 15.0 Å². The van der Waals surface area contributed by atoms with E-state index in [0.717, 1.165) is 24.7 Å². The maximum absolute atomic E-state index is 6.03.